The van der Waals surface area contributed by atoms with E-state index in [0.717, 1.165) is 6.54 Å². The fraction of sp³-hybridized carbons (Fsp3) is 0.533. The van der Waals surface area contributed by atoms with E-state index in [-0.39, 0.29) is 11.9 Å². The molecule has 122 valence electrons. The minimum Gasteiger partial charge on any atom is -0.493 e. The zero-order valence-corrected chi connectivity index (χ0v) is 13.1. The Kier molecular flexibility index (Phi) is 5.85. The number of morpholine rings is 1. The maximum Gasteiger partial charge on any atom is 0.226 e. The Balaban J connectivity index is 2.06. The quantitative estimate of drug-likeness (QED) is 0.817. The van der Waals surface area contributed by atoms with Gasteiger partial charge in [-0.15, -0.1) is 0 Å². The fourth-order valence-corrected chi connectivity index (χ4v) is 2.34. The first-order valence-corrected chi connectivity index (χ1v) is 7.09. The van der Waals surface area contributed by atoms with Crippen LogP contribution in [0.15, 0.2) is 12.1 Å². The third-order valence-corrected chi connectivity index (χ3v) is 3.38. The molecule has 0 saturated carbocycles. The average molecular weight is 310 g/mol. The summed E-state index contributed by atoms with van der Waals surface area (Å²) in [5.74, 6) is 1.38. The molecule has 7 nitrogen and oxygen atoms in total. The second kappa shape index (κ2) is 7.86. The monoisotopic (exact) mass is 310 g/mol. The minimum absolute atomic E-state index is 0.0378. The molecule has 2 N–H and O–H groups in total. The molecule has 1 heterocycles. The van der Waals surface area contributed by atoms with Gasteiger partial charge in [0.1, 0.15) is 0 Å². The maximum absolute atomic E-state index is 12.1. The van der Waals surface area contributed by atoms with Crippen molar-refractivity contribution < 1.29 is 23.7 Å². The van der Waals surface area contributed by atoms with Crippen LogP contribution in [0.4, 0.5) is 5.69 Å². The Morgan fingerprint density at radius 2 is 1.95 bits per heavy atom. The molecule has 0 spiro atoms. The molecule has 1 unspecified atom stereocenters. The number of carbonyl (C=O) groups is 1. The molecule has 1 aliphatic heterocycles. The van der Waals surface area contributed by atoms with Crippen molar-refractivity contribution in [1.82, 2.24) is 5.32 Å². The highest BCUT2D eigenvalue weighted by Gasteiger charge is 2.18. The van der Waals surface area contributed by atoms with Crippen LogP contribution >= 0.6 is 0 Å². The molecule has 7 heteroatoms. The van der Waals surface area contributed by atoms with Gasteiger partial charge >= 0.3 is 0 Å². The Hall–Kier alpha value is -1.99. The minimum atomic E-state index is -0.0997. The molecule has 0 bridgehead atoms. The van der Waals surface area contributed by atoms with Crippen molar-refractivity contribution in [2.75, 3.05) is 46.4 Å². The molecule has 0 aromatic heterocycles. The summed E-state index contributed by atoms with van der Waals surface area (Å²) in [6.07, 6.45) is 0.344. The predicted octanol–water partition coefficient (Wildman–Crippen LogP) is 1.03. The van der Waals surface area contributed by atoms with E-state index in [1.165, 1.54) is 21.3 Å². The van der Waals surface area contributed by atoms with Crippen LogP contribution in [-0.4, -0.2) is 53.0 Å². The van der Waals surface area contributed by atoms with Crippen LogP contribution in [0.5, 0.6) is 17.2 Å². The lowest BCUT2D eigenvalue weighted by Crippen LogP contribution is -2.43. The van der Waals surface area contributed by atoms with Crippen LogP contribution in [0.1, 0.15) is 6.42 Å². The largest absolute Gasteiger partial charge is 0.493 e. The zero-order valence-electron chi connectivity index (χ0n) is 13.1. The number of rotatable bonds is 6. The third kappa shape index (κ3) is 4.02. The Morgan fingerprint density at radius 1 is 1.27 bits per heavy atom. The van der Waals surface area contributed by atoms with Crippen molar-refractivity contribution in [3.63, 3.8) is 0 Å². The van der Waals surface area contributed by atoms with Gasteiger partial charge < -0.3 is 29.6 Å². The van der Waals surface area contributed by atoms with Gasteiger partial charge in [-0.3, -0.25) is 4.79 Å². The van der Waals surface area contributed by atoms with Gasteiger partial charge in [-0.05, 0) is 0 Å². The highest BCUT2D eigenvalue weighted by atomic mass is 16.5. The number of benzene rings is 1. The molecule has 0 radical (unpaired) electrons. The summed E-state index contributed by atoms with van der Waals surface area (Å²) < 4.78 is 21.1. The Bertz CT molecular complexity index is 490. The molecule has 1 amide bonds. The smallest absolute Gasteiger partial charge is 0.226 e. The van der Waals surface area contributed by atoms with Crippen LogP contribution in [0.3, 0.4) is 0 Å². The van der Waals surface area contributed by atoms with Crippen LogP contribution < -0.4 is 24.8 Å². The number of hydrogen-bond acceptors (Lipinski definition) is 6. The number of carbonyl (C=O) groups excluding carboxylic acids is 1. The van der Waals surface area contributed by atoms with Gasteiger partial charge in [0.25, 0.3) is 0 Å². The summed E-state index contributed by atoms with van der Waals surface area (Å²) in [5, 5.41) is 6.08. The highest BCUT2D eigenvalue weighted by Crippen LogP contribution is 2.39. The SMILES string of the molecule is COc1cc(NC(=O)CC2COCCN2)cc(OC)c1OC. The molecular weight excluding hydrogens is 288 g/mol. The number of amides is 1. The van der Waals surface area contributed by atoms with Crippen molar-refractivity contribution in [1.29, 1.82) is 0 Å². The van der Waals surface area contributed by atoms with E-state index in [0.29, 0.717) is 42.6 Å². The summed E-state index contributed by atoms with van der Waals surface area (Å²) in [7, 11) is 4.60. The predicted molar refractivity (Wildman–Crippen MR) is 82.0 cm³/mol. The van der Waals surface area contributed by atoms with Gasteiger partial charge in [-0.1, -0.05) is 0 Å². The van der Waals surface area contributed by atoms with Crippen LogP contribution in [0.25, 0.3) is 0 Å². The molecule has 1 aromatic carbocycles. The molecule has 1 aromatic rings. The number of methoxy groups -OCH3 is 3. The lowest BCUT2D eigenvalue weighted by molar-refractivity contribution is -0.117. The lowest BCUT2D eigenvalue weighted by Gasteiger charge is -2.23. The van der Waals surface area contributed by atoms with Crippen molar-refractivity contribution >= 4 is 11.6 Å². The van der Waals surface area contributed by atoms with Gasteiger partial charge in [0, 0.05) is 36.8 Å². The highest BCUT2D eigenvalue weighted by molar-refractivity contribution is 5.92. The summed E-state index contributed by atoms with van der Waals surface area (Å²) in [6, 6.07) is 3.43. The third-order valence-electron chi connectivity index (χ3n) is 3.38. The number of nitrogens with one attached hydrogen (secondary N) is 2. The molecule has 1 saturated heterocycles. The van der Waals surface area contributed by atoms with E-state index < -0.39 is 0 Å². The Morgan fingerprint density at radius 3 is 2.45 bits per heavy atom. The van der Waals surface area contributed by atoms with Gasteiger partial charge in [-0.2, -0.15) is 0 Å². The number of hydrogen-bond donors (Lipinski definition) is 2. The molecule has 0 aliphatic carbocycles. The number of ether oxygens (including phenoxy) is 4. The Labute approximate surface area is 129 Å². The summed E-state index contributed by atoms with van der Waals surface area (Å²) in [6.45, 7) is 2.00. The van der Waals surface area contributed by atoms with E-state index in [1.807, 2.05) is 0 Å². The van der Waals surface area contributed by atoms with Gasteiger partial charge in [0.2, 0.25) is 11.7 Å². The standard InChI is InChI=1S/C15H22N2O5/c1-19-12-6-10(7-13(20-2)15(12)21-3)17-14(18)8-11-9-22-5-4-16-11/h6-7,11,16H,4-5,8-9H2,1-3H3,(H,17,18). The van der Waals surface area contributed by atoms with Crippen LogP contribution in [-0.2, 0) is 9.53 Å². The number of anilines is 1. The lowest BCUT2D eigenvalue weighted by atomic mass is 10.2. The summed E-state index contributed by atoms with van der Waals surface area (Å²) in [5.41, 5.74) is 0.594. The molecule has 2 rings (SSSR count). The fourth-order valence-electron chi connectivity index (χ4n) is 2.34. The van der Waals surface area contributed by atoms with Crippen molar-refractivity contribution in [2.45, 2.75) is 12.5 Å². The van der Waals surface area contributed by atoms with Crippen molar-refractivity contribution in [3.8, 4) is 17.2 Å². The summed E-state index contributed by atoms with van der Waals surface area (Å²) in [4.78, 5) is 12.1. The van der Waals surface area contributed by atoms with E-state index in [2.05, 4.69) is 10.6 Å². The molecule has 1 aliphatic rings. The van der Waals surface area contributed by atoms with Gasteiger partial charge in [-0.25, -0.2) is 0 Å². The second-order valence-electron chi connectivity index (χ2n) is 4.89. The molecule has 1 atom stereocenters. The van der Waals surface area contributed by atoms with Crippen LogP contribution in [0, 0.1) is 0 Å². The van der Waals surface area contributed by atoms with Crippen LogP contribution in [0.2, 0.25) is 0 Å². The van der Waals surface area contributed by atoms with E-state index in [4.69, 9.17) is 18.9 Å². The molecule has 22 heavy (non-hydrogen) atoms. The summed E-state index contributed by atoms with van der Waals surface area (Å²) >= 11 is 0. The average Bonchev–Trinajstić information content (AvgIpc) is 2.54. The van der Waals surface area contributed by atoms with Gasteiger partial charge in [0.05, 0.1) is 34.5 Å². The van der Waals surface area contributed by atoms with E-state index >= 15 is 0 Å². The van der Waals surface area contributed by atoms with Crippen molar-refractivity contribution in [2.24, 2.45) is 0 Å². The van der Waals surface area contributed by atoms with E-state index in [9.17, 15) is 4.79 Å². The normalized spacial score (nSPS) is 17.7. The molecular formula is C15H22N2O5. The topological polar surface area (TPSA) is 78.1 Å². The van der Waals surface area contributed by atoms with Crippen molar-refractivity contribution in [3.05, 3.63) is 12.1 Å². The first-order chi connectivity index (χ1) is 10.7. The van der Waals surface area contributed by atoms with Gasteiger partial charge in [0.15, 0.2) is 11.5 Å². The van der Waals surface area contributed by atoms with E-state index in [1.54, 1.807) is 12.1 Å². The second-order valence-corrected chi connectivity index (χ2v) is 4.89. The first kappa shape index (κ1) is 16.4. The zero-order chi connectivity index (χ0) is 15.9. The first-order valence-electron chi connectivity index (χ1n) is 7.09. The maximum atomic E-state index is 12.1. The molecule has 1 fully saturated rings.